The number of nitrogens with one attached hydrogen (secondary N) is 1. The van der Waals surface area contributed by atoms with Gasteiger partial charge < -0.3 is 5.32 Å². The van der Waals surface area contributed by atoms with Crippen LogP contribution in [0.3, 0.4) is 0 Å². The quantitative estimate of drug-likeness (QED) is 0.610. The molecule has 0 aliphatic carbocycles. The molecule has 0 saturated carbocycles. The lowest BCUT2D eigenvalue weighted by Gasteiger charge is -2.21. The zero-order chi connectivity index (χ0) is 13.5. The summed E-state index contributed by atoms with van der Waals surface area (Å²) in [5.41, 5.74) is 2.45. The summed E-state index contributed by atoms with van der Waals surface area (Å²) in [6, 6.07) is 0.400. The summed E-state index contributed by atoms with van der Waals surface area (Å²) >= 11 is 3.21. The highest BCUT2D eigenvalue weighted by Gasteiger charge is 2.20. The predicted octanol–water partition coefficient (Wildman–Crippen LogP) is 3.98. The third-order valence-electron chi connectivity index (χ3n) is 3.39. The minimum absolute atomic E-state index is 0.400. The second-order valence-corrected chi connectivity index (χ2v) is 6.56. The summed E-state index contributed by atoms with van der Waals surface area (Å²) < 4.78 is 8.98. The van der Waals surface area contributed by atoms with E-state index in [9.17, 15) is 0 Å². The van der Waals surface area contributed by atoms with Gasteiger partial charge in [0.05, 0.1) is 11.7 Å². The van der Waals surface area contributed by atoms with Gasteiger partial charge in [-0.05, 0) is 37.6 Å². The number of thioether (sulfide) groups is 1. The Kier molecular flexibility index (Phi) is 6.34. The number of unbranched alkanes of at least 4 members (excludes halogenated alkanes) is 3. The zero-order valence-corrected chi connectivity index (χ0v) is 13.4. The maximum absolute atomic E-state index is 4.51. The number of aromatic nitrogens is 2. The Morgan fingerprint density at radius 2 is 2.26 bits per heavy atom. The first-order valence-electron chi connectivity index (χ1n) is 7.22. The molecule has 1 aliphatic heterocycles. The average Bonchev–Trinajstić information content (AvgIpc) is 2.87. The minimum Gasteiger partial charge on any atom is -0.310 e. The standard InChI is InChI=1S/C14H23N3S2/c1-3-4-5-6-10-18-14-13(16-19-17-14)12-8-7-9-15-11(12)2/h8,11,15H,3-7,9-10H2,1-2H3. The Bertz CT molecular complexity index is 415. The zero-order valence-electron chi connectivity index (χ0n) is 11.8. The number of hydrogen-bond acceptors (Lipinski definition) is 5. The third kappa shape index (κ3) is 4.29. The van der Waals surface area contributed by atoms with Crippen molar-refractivity contribution in [1.82, 2.24) is 14.1 Å². The van der Waals surface area contributed by atoms with Gasteiger partial charge in [0.15, 0.2) is 0 Å². The van der Waals surface area contributed by atoms with Gasteiger partial charge >= 0.3 is 0 Å². The van der Waals surface area contributed by atoms with Crippen molar-refractivity contribution in [3.05, 3.63) is 11.8 Å². The summed E-state index contributed by atoms with van der Waals surface area (Å²) in [5, 5.41) is 4.62. The Balaban J connectivity index is 1.92. The molecule has 5 heteroatoms. The fourth-order valence-electron chi connectivity index (χ4n) is 2.27. The van der Waals surface area contributed by atoms with Gasteiger partial charge in [0.25, 0.3) is 0 Å². The SMILES string of the molecule is CCCCCCSc1nsnc1C1=CCCNC1C. The normalized spacial score (nSPS) is 19.5. The molecule has 1 aromatic heterocycles. The second-order valence-electron chi connectivity index (χ2n) is 4.95. The molecule has 0 fully saturated rings. The van der Waals surface area contributed by atoms with Crippen LogP contribution in [0.2, 0.25) is 0 Å². The van der Waals surface area contributed by atoms with Crippen LogP contribution in [0.15, 0.2) is 11.1 Å². The highest BCUT2D eigenvalue weighted by Crippen LogP contribution is 2.30. The molecule has 106 valence electrons. The molecule has 0 bridgehead atoms. The third-order valence-corrected chi connectivity index (χ3v) is 5.09. The largest absolute Gasteiger partial charge is 0.310 e. The van der Waals surface area contributed by atoms with Crippen LogP contribution in [-0.4, -0.2) is 27.1 Å². The Hall–Kier alpha value is -0.390. The number of nitrogens with zero attached hydrogens (tertiary/aromatic N) is 2. The van der Waals surface area contributed by atoms with Gasteiger partial charge in [-0.2, -0.15) is 8.75 Å². The van der Waals surface area contributed by atoms with Crippen molar-refractivity contribution in [2.75, 3.05) is 12.3 Å². The molecule has 1 atom stereocenters. The molecule has 2 heterocycles. The first-order valence-corrected chi connectivity index (χ1v) is 8.93. The van der Waals surface area contributed by atoms with Gasteiger partial charge in [-0.1, -0.05) is 32.3 Å². The minimum atomic E-state index is 0.400. The van der Waals surface area contributed by atoms with E-state index < -0.39 is 0 Å². The molecule has 2 rings (SSSR count). The number of hydrogen-bond donors (Lipinski definition) is 1. The first-order chi connectivity index (χ1) is 9.33. The fourth-order valence-corrected chi connectivity index (χ4v) is 3.95. The molecule has 1 aliphatic rings. The van der Waals surface area contributed by atoms with E-state index in [2.05, 4.69) is 34.0 Å². The van der Waals surface area contributed by atoms with Crippen LogP contribution in [0.5, 0.6) is 0 Å². The van der Waals surface area contributed by atoms with Crippen LogP contribution < -0.4 is 5.32 Å². The lowest BCUT2D eigenvalue weighted by atomic mass is 10.0. The van der Waals surface area contributed by atoms with Crippen LogP contribution >= 0.6 is 23.5 Å². The van der Waals surface area contributed by atoms with Gasteiger partial charge in [-0.3, -0.25) is 0 Å². The molecule has 1 unspecified atom stereocenters. The van der Waals surface area contributed by atoms with Crippen molar-refractivity contribution in [2.24, 2.45) is 0 Å². The summed E-state index contributed by atoms with van der Waals surface area (Å²) in [6.07, 6.45) is 8.66. The molecule has 3 nitrogen and oxygen atoms in total. The molecule has 0 radical (unpaired) electrons. The Morgan fingerprint density at radius 1 is 1.37 bits per heavy atom. The fraction of sp³-hybridized carbons (Fsp3) is 0.714. The van der Waals surface area contributed by atoms with E-state index in [-0.39, 0.29) is 0 Å². The van der Waals surface area contributed by atoms with Crippen LogP contribution in [0.4, 0.5) is 0 Å². The van der Waals surface area contributed by atoms with Gasteiger partial charge in [-0.25, -0.2) is 0 Å². The molecule has 0 saturated heterocycles. The topological polar surface area (TPSA) is 37.8 Å². The molecular weight excluding hydrogens is 274 g/mol. The van der Waals surface area contributed by atoms with Gasteiger partial charge in [0.1, 0.15) is 10.7 Å². The molecule has 0 aromatic carbocycles. The molecule has 1 aromatic rings. The van der Waals surface area contributed by atoms with Crippen molar-refractivity contribution < 1.29 is 0 Å². The monoisotopic (exact) mass is 297 g/mol. The lowest BCUT2D eigenvalue weighted by molar-refractivity contribution is 0.624. The van der Waals surface area contributed by atoms with Crippen molar-refractivity contribution in [1.29, 1.82) is 0 Å². The predicted molar refractivity (Wildman–Crippen MR) is 84.8 cm³/mol. The van der Waals surface area contributed by atoms with Crippen molar-refractivity contribution in [2.45, 2.75) is 57.0 Å². The van der Waals surface area contributed by atoms with E-state index in [1.54, 1.807) is 0 Å². The summed E-state index contributed by atoms with van der Waals surface area (Å²) in [6.45, 7) is 5.53. The highest BCUT2D eigenvalue weighted by molar-refractivity contribution is 7.99. The van der Waals surface area contributed by atoms with Crippen LogP contribution in [-0.2, 0) is 0 Å². The Morgan fingerprint density at radius 3 is 3.05 bits per heavy atom. The van der Waals surface area contributed by atoms with Gasteiger partial charge in [0, 0.05) is 6.04 Å². The van der Waals surface area contributed by atoms with Crippen molar-refractivity contribution in [3.8, 4) is 0 Å². The highest BCUT2D eigenvalue weighted by atomic mass is 32.2. The molecule has 19 heavy (non-hydrogen) atoms. The summed E-state index contributed by atoms with van der Waals surface area (Å²) in [5.74, 6) is 1.16. The van der Waals surface area contributed by atoms with E-state index in [1.165, 1.54) is 43.0 Å². The van der Waals surface area contributed by atoms with Crippen molar-refractivity contribution in [3.63, 3.8) is 0 Å². The van der Waals surface area contributed by atoms with E-state index in [4.69, 9.17) is 0 Å². The second kappa shape index (κ2) is 8.02. The van der Waals surface area contributed by atoms with Crippen LogP contribution in [0, 0.1) is 0 Å². The maximum atomic E-state index is 4.51. The number of rotatable bonds is 7. The smallest absolute Gasteiger partial charge is 0.138 e. The van der Waals surface area contributed by atoms with E-state index in [0.717, 1.165) is 29.4 Å². The molecule has 0 spiro atoms. The van der Waals surface area contributed by atoms with Crippen LogP contribution in [0.1, 0.15) is 51.6 Å². The van der Waals surface area contributed by atoms with E-state index >= 15 is 0 Å². The summed E-state index contributed by atoms with van der Waals surface area (Å²) in [4.78, 5) is 0. The van der Waals surface area contributed by atoms with E-state index in [0.29, 0.717) is 6.04 Å². The molecule has 1 N–H and O–H groups in total. The van der Waals surface area contributed by atoms with Crippen molar-refractivity contribution >= 4 is 29.1 Å². The van der Waals surface area contributed by atoms with Gasteiger partial charge in [0.2, 0.25) is 0 Å². The van der Waals surface area contributed by atoms with Gasteiger partial charge in [-0.15, -0.1) is 11.8 Å². The first kappa shape index (κ1) is 15.0. The molecular formula is C14H23N3S2. The average molecular weight is 297 g/mol. The van der Waals surface area contributed by atoms with Crippen LogP contribution in [0.25, 0.3) is 5.57 Å². The van der Waals surface area contributed by atoms with E-state index in [1.807, 2.05) is 11.8 Å². The Labute approximate surface area is 124 Å². The summed E-state index contributed by atoms with van der Waals surface area (Å²) in [7, 11) is 0. The molecule has 0 amide bonds. The lowest BCUT2D eigenvalue weighted by Crippen LogP contribution is -2.31. The maximum Gasteiger partial charge on any atom is 0.138 e.